The van der Waals surface area contributed by atoms with Crippen LogP contribution in [0.15, 0.2) is 12.1 Å². The molecule has 1 aliphatic rings. The number of rotatable bonds is 2. The maximum absolute atomic E-state index is 12.4. The van der Waals surface area contributed by atoms with Crippen molar-refractivity contribution in [2.75, 3.05) is 7.05 Å². The topological polar surface area (TPSA) is 57.0 Å². The van der Waals surface area contributed by atoms with Crippen LogP contribution in [-0.4, -0.2) is 28.9 Å². The minimum atomic E-state index is -0.182. The standard InChI is InChI=1S/C13H13Cl2N3O/c1-18(10-4-2-3-8(10)7-16)13(19)9-5-11(14)17-12(15)6-9/h5-6,8,10H,2-4H2,1H3. The van der Waals surface area contributed by atoms with E-state index in [4.69, 9.17) is 28.5 Å². The van der Waals surface area contributed by atoms with Crippen LogP contribution < -0.4 is 0 Å². The quantitative estimate of drug-likeness (QED) is 0.788. The minimum absolute atomic E-state index is 0.0387. The average molecular weight is 298 g/mol. The highest BCUT2D eigenvalue weighted by molar-refractivity contribution is 6.33. The SMILES string of the molecule is CN(C(=O)c1cc(Cl)nc(Cl)c1)C1CCCC1C#N. The molecule has 0 spiro atoms. The second kappa shape index (κ2) is 5.77. The van der Waals surface area contributed by atoms with Crippen molar-refractivity contribution in [2.45, 2.75) is 25.3 Å². The Morgan fingerprint density at radius 2 is 2.05 bits per heavy atom. The molecule has 1 aromatic heterocycles. The molecule has 4 nitrogen and oxygen atoms in total. The van der Waals surface area contributed by atoms with Gasteiger partial charge in [0.25, 0.3) is 5.91 Å². The predicted octanol–water partition coefficient (Wildman–Crippen LogP) is 3.15. The van der Waals surface area contributed by atoms with Crippen LogP contribution in [0.2, 0.25) is 10.3 Å². The second-order valence-electron chi connectivity index (χ2n) is 4.65. The molecular formula is C13H13Cl2N3O. The van der Waals surface area contributed by atoms with Crippen molar-refractivity contribution in [3.63, 3.8) is 0 Å². The molecule has 0 aromatic carbocycles. The zero-order valence-corrected chi connectivity index (χ0v) is 11.9. The van der Waals surface area contributed by atoms with Crippen molar-refractivity contribution in [3.05, 3.63) is 28.0 Å². The molecule has 1 heterocycles. The number of pyridine rings is 1. The summed E-state index contributed by atoms with van der Waals surface area (Å²) in [6, 6.07) is 5.20. The van der Waals surface area contributed by atoms with Crippen LogP contribution in [0.4, 0.5) is 0 Å². The van der Waals surface area contributed by atoms with Gasteiger partial charge in [0.2, 0.25) is 0 Å². The van der Waals surface area contributed by atoms with Crippen molar-refractivity contribution in [1.29, 1.82) is 5.26 Å². The molecule has 100 valence electrons. The lowest BCUT2D eigenvalue weighted by molar-refractivity contribution is 0.0715. The van der Waals surface area contributed by atoms with E-state index in [9.17, 15) is 4.79 Å². The number of carbonyl (C=O) groups excluding carboxylic acids is 1. The van der Waals surface area contributed by atoms with Crippen LogP contribution in [0.3, 0.4) is 0 Å². The van der Waals surface area contributed by atoms with Gasteiger partial charge in [-0.15, -0.1) is 0 Å². The molecule has 6 heteroatoms. The molecular weight excluding hydrogens is 285 g/mol. The first-order valence-electron chi connectivity index (χ1n) is 6.03. The highest BCUT2D eigenvalue weighted by Crippen LogP contribution is 2.30. The molecule has 1 saturated carbocycles. The van der Waals surface area contributed by atoms with E-state index in [-0.39, 0.29) is 28.2 Å². The van der Waals surface area contributed by atoms with E-state index in [1.54, 1.807) is 11.9 Å². The van der Waals surface area contributed by atoms with Gasteiger partial charge in [0.15, 0.2) is 0 Å². The number of nitriles is 1. The molecule has 0 saturated heterocycles. The minimum Gasteiger partial charge on any atom is -0.337 e. The summed E-state index contributed by atoms with van der Waals surface area (Å²) in [7, 11) is 1.71. The van der Waals surface area contributed by atoms with Crippen molar-refractivity contribution >= 4 is 29.1 Å². The molecule has 2 unspecified atom stereocenters. The second-order valence-corrected chi connectivity index (χ2v) is 5.43. The third-order valence-electron chi connectivity index (χ3n) is 3.47. The van der Waals surface area contributed by atoms with Crippen LogP contribution >= 0.6 is 23.2 Å². The lowest BCUT2D eigenvalue weighted by Gasteiger charge is -2.26. The normalized spacial score (nSPS) is 22.0. The van der Waals surface area contributed by atoms with E-state index in [0.717, 1.165) is 19.3 Å². The smallest absolute Gasteiger partial charge is 0.254 e. The molecule has 1 aromatic rings. The van der Waals surface area contributed by atoms with E-state index < -0.39 is 0 Å². The summed E-state index contributed by atoms with van der Waals surface area (Å²) in [5, 5.41) is 9.46. The van der Waals surface area contributed by atoms with Gasteiger partial charge in [-0.2, -0.15) is 5.26 Å². The van der Waals surface area contributed by atoms with E-state index in [1.165, 1.54) is 12.1 Å². The van der Waals surface area contributed by atoms with Crippen LogP contribution in [0, 0.1) is 17.2 Å². The molecule has 0 N–H and O–H groups in total. The number of hydrogen-bond acceptors (Lipinski definition) is 3. The van der Waals surface area contributed by atoms with Gasteiger partial charge in [-0.3, -0.25) is 4.79 Å². The van der Waals surface area contributed by atoms with Gasteiger partial charge in [0.1, 0.15) is 10.3 Å². The maximum Gasteiger partial charge on any atom is 0.254 e. The van der Waals surface area contributed by atoms with E-state index in [2.05, 4.69) is 11.1 Å². The summed E-state index contributed by atoms with van der Waals surface area (Å²) in [5.41, 5.74) is 0.399. The molecule has 1 fully saturated rings. The molecule has 19 heavy (non-hydrogen) atoms. The predicted molar refractivity (Wildman–Crippen MR) is 73.1 cm³/mol. The Bertz CT molecular complexity index is 521. The van der Waals surface area contributed by atoms with E-state index in [1.807, 2.05) is 0 Å². The summed E-state index contributed by atoms with van der Waals surface area (Å²) >= 11 is 11.6. The van der Waals surface area contributed by atoms with Crippen molar-refractivity contribution in [2.24, 2.45) is 5.92 Å². The highest BCUT2D eigenvalue weighted by Gasteiger charge is 2.33. The van der Waals surface area contributed by atoms with E-state index >= 15 is 0 Å². The zero-order chi connectivity index (χ0) is 14.0. The lowest BCUT2D eigenvalue weighted by atomic mass is 10.0. The summed E-state index contributed by atoms with van der Waals surface area (Å²) in [5.74, 6) is -0.278. The Labute approximate surface area is 121 Å². The number of halogens is 2. The first kappa shape index (κ1) is 14.1. The molecule has 1 amide bonds. The van der Waals surface area contributed by atoms with Crippen molar-refractivity contribution in [3.8, 4) is 6.07 Å². The van der Waals surface area contributed by atoms with Crippen molar-refractivity contribution in [1.82, 2.24) is 9.88 Å². The Morgan fingerprint density at radius 1 is 1.42 bits per heavy atom. The van der Waals surface area contributed by atoms with Crippen molar-refractivity contribution < 1.29 is 4.79 Å². The van der Waals surface area contributed by atoms with Gasteiger partial charge in [0.05, 0.1) is 12.0 Å². The number of hydrogen-bond donors (Lipinski definition) is 0. The van der Waals surface area contributed by atoms with Gasteiger partial charge < -0.3 is 4.90 Å². The summed E-state index contributed by atoms with van der Waals surface area (Å²) < 4.78 is 0. The molecule has 0 radical (unpaired) electrons. The number of aromatic nitrogens is 1. The number of nitrogens with zero attached hydrogens (tertiary/aromatic N) is 3. The molecule has 0 bridgehead atoms. The Morgan fingerprint density at radius 3 is 2.63 bits per heavy atom. The Balaban J connectivity index is 2.21. The first-order chi connectivity index (χ1) is 9.02. The van der Waals surface area contributed by atoms with Crippen LogP contribution in [0.1, 0.15) is 29.6 Å². The summed E-state index contributed by atoms with van der Waals surface area (Å²) in [6.45, 7) is 0. The first-order valence-corrected chi connectivity index (χ1v) is 6.78. The van der Waals surface area contributed by atoms with Gasteiger partial charge in [-0.25, -0.2) is 4.98 Å². The summed E-state index contributed by atoms with van der Waals surface area (Å²) in [6.07, 6.45) is 2.67. The fraction of sp³-hybridized carbons (Fsp3) is 0.462. The lowest BCUT2D eigenvalue weighted by Crippen LogP contribution is -2.39. The average Bonchev–Trinajstić information content (AvgIpc) is 2.84. The third kappa shape index (κ3) is 2.99. The third-order valence-corrected chi connectivity index (χ3v) is 3.86. The van der Waals surface area contributed by atoms with Gasteiger partial charge in [0, 0.05) is 18.7 Å². The van der Waals surface area contributed by atoms with Gasteiger partial charge in [-0.05, 0) is 31.4 Å². The van der Waals surface area contributed by atoms with Gasteiger partial charge >= 0.3 is 0 Å². The molecule has 2 rings (SSSR count). The maximum atomic E-state index is 12.4. The largest absolute Gasteiger partial charge is 0.337 e. The van der Waals surface area contributed by atoms with Gasteiger partial charge in [-0.1, -0.05) is 23.2 Å². The molecule has 1 aliphatic carbocycles. The Kier molecular flexibility index (Phi) is 4.28. The monoisotopic (exact) mass is 297 g/mol. The number of carbonyl (C=O) groups is 1. The Hall–Kier alpha value is -1.31. The number of amides is 1. The van der Waals surface area contributed by atoms with E-state index in [0.29, 0.717) is 5.56 Å². The fourth-order valence-electron chi connectivity index (χ4n) is 2.50. The summed E-state index contributed by atoms with van der Waals surface area (Å²) in [4.78, 5) is 17.8. The molecule has 2 atom stereocenters. The van der Waals surface area contributed by atoms with Crippen LogP contribution in [-0.2, 0) is 0 Å². The zero-order valence-electron chi connectivity index (χ0n) is 10.4. The fourth-order valence-corrected chi connectivity index (χ4v) is 2.96. The highest BCUT2D eigenvalue weighted by atomic mass is 35.5. The van der Waals surface area contributed by atoms with Crippen LogP contribution in [0.5, 0.6) is 0 Å². The molecule has 0 aliphatic heterocycles. The van der Waals surface area contributed by atoms with Crippen LogP contribution in [0.25, 0.3) is 0 Å².